The van der Waals surface area contributed by atoms with Gasteiger partial charge in [0.05, 0.1) is 0 Å². The van der Waals surface area contributed by atoms with E-state index in [1.807, 2.05) is 56.3 Å². The minimum Gasteiger partial charge on any atom is -0.340 e. The number of nitrogens with one attached hydrogen (secondary N) is 2. The molecule has 0 fully saturated rings. The largest absolute Gasteiger partial charge is 0.340 e. The Kier molecular flexibility index (Phi) is 4.37. The van der Waals surface area contributed by atoms with Crippen LogP contribution in [0.15, 0.2) is 53.3 Å². The fraction of sp³-hybridized carbons (Fsp3) is 0.211. The lowest BCUT2D eigenvalue weighted by Gasteiger charge is -2.19. The van der Waals surface area contributed by atoms with Crippen LogP contribution in [-0.4, -0.2) is 31.2 Å². The highest BCUT2D eigenvalue weighted by Crippen LogP contribution is 2.24. The minimum absolute atomic E-state index is 0.0481. The van der Waals surface area contributed by atoms with Crippen molar-refractivity contribution in [2.24, 2.45) is 5.92 Å². The van der Waals surface area contributed by atoms with E-state index in [0.29, 0.717) is 23.1 Å². The molecule has 8 nitrogen and oxygen atoms in total. The van der Waals surface area contributed by atoms with Gasteiger partial charge in [-0.3, -0.25) is 9.89 Å². The van der Waals surface area contributed by atoms with E-state index < -0.39 is 6.04 Å². The van der Waals surface area contributed by atoms with Gasteiger partial charge in [0, 0.05) is 5.56 Å². The third-order valence-corrected chi connectivity index (χ3v) is 4.32. The summed E-state index contributed by atoms with van der Waals surface area (Å²) in [6, 6.07) is 13.0. The molecule has 1 atom stereocenters. The predicted octanol–water partition coefficient (Wildman–Crippen LogP) is 3.14. The highest BCUT2D eigenvalue weighted by Gasteiger charge is 2.26. The van der Waals surface area contributed by atoms with Crippen LogP contribution < -0.4 is 5.32 Å². The monoisotopic (exact) mass is 362 g/mol. The van der Waals surface area contributed by atoms with Crippen LogP contribution in [0.4, 0.5) is 0 Å². The van der Waals surface area contributed by atoms with Gasteiger partial charge in [-0.25, -0.2) is 4.98 Å². The van der Waals surface area contributed by atoms with E-state index in [4.69, 9.17) is 4.52 Å². The molecule has 4 aromatic rings. The van der Waals surface area contributed by atoms with Gasteiger partial charge in [0.25, 0.3) is 5.91 Å². The Bertz CT molecular complexity index is 1070. The lowest BCUT2D eigenvalue weighted by molar-refractivity contribution is 0.0915. The van der Waals surface area contributed by atoms with Gasteiger partial charge in [-0.15, -0.1) is 0 Å². The van der Waals surface area contributed by atoms with Crippen LogP contribution in [-0.2, 0) is 0 Å². The molecule has 2 aromatic heterocycles. The Labute approximate surface area is 155 Å². The maximum Gasteiger partial charge on any atom is 0.252 e. The summed E-state index contributed by atoms with van der Waals surface area (Å²) in [4.78, 5) is 21.3. The molecule has 2 heterocycles. The summed E-state index contributed by atoms with van der Waals surface area (Å²) in [5.41, 5.74) is 0.605. The zero-order valence-corrected chi connectivity index (χ0v) is 14.9. The molecule has 0 radical (unpaired) electrons. The summed E-state index contributed by atoms with van der Waals surface area (Å²) in [5, 5.41) is 15.3. The molecule has 4 rings (SSSR count). The molecule has 1 unspecified atom stereocenters. The van der Waals surface area contributed by atoms with Gasteiger partial charge < -0.3 is 9.84 Å². The van der Waals surface area contributed by atoms with E-state index in [-0.39, 0.29) is 11.8 Å². The van der Waals surface area contributed by atoms with Crippen LogP contribution >= 0.6 is 0 Å². The maximum absolute atomic E-state index is 13.0. The van der Waals surface area contributed by atoms with Crippen LogP contribution in [0.1, 0.15) is 36.1 Å². The molecule has 2 aromatic carbocycles. The molecule has 0 aliphatic rings. The van der Waals surface area contributed by atoms with Crippen molar-refractivity contribution in [1.82, 2.24) is 30.6 Å². The zero-order valence-electron chi connectivity index (χ0n) is 14.9. The summed E-state index contributed by atoms with van der Waals surface area (Å²) in [6.45, 7) is 3.96. The first-order valence-corrected chi connectivity index (χ1v) is 8.61. The molecule has 136 valence electrons. The molecule has 0 bridgehead atoms. The van der Waals surface area contributed by atoms with E-state index in [1.54, 1.807) is 0 Å². The van der Waals surface area contributed by atoms with Crippen molar-refractivity contribution in [2.75, 3.05) is 0 Å². The zero-order chi connectivity index (χ0) is 18.8. The molecular weight excluding hydrogens is 344 g/mol. The minimum atomic E-state index is -0.430. The smallest absolute Gasteiger partial charge is 0.252 e. The summed E-state index contributed by atoms with van der Waals surface area (Å²) < 4.78 is 5.37. The normalized spacial score (nSPS) is 12.4. The highest BCUT2D eigenvalue weighted by molar-refractivity contribution is 6.07. The Morgan fingerprint density at radius 2 is 1.96 bits per heavy atom. The third kappa shape index (κ3) is 3.29. The summed E-state index contributed by atoms with van der Waals surface area (Å²) in [6.07, 6.45) is 1.37. The molecular formula is C19H18N6O2. The Morgan fingerprint density at radius 3 is 2.74 bits per heavy atom. The van der Waals surface area contributed by atoms with Gasteiger partial charge >= 0.3 is 0 Å². The van der Waals surface area contributed by atoms with Gasteiger partial charge in [-0.1, -0.05) is 55.4 Å². The summed E-state index contributed by atoms with van der Waals surface area (Å²) >= 11 is 0. The molecule has 2 N–H and O–H groups in total. The van der Waals surface area contributed by atoms with E-state index in [0.717, 1.165) is 10.8 Å². The number of hydrogen-bond donors (Lipinski definition) is 2. The van der Waals surface area contributed by atoms with Crippen molar-refractivity contribution in [2.45, 2.75) is 19.9 Å². The molecule has 0 saturated heterocycles. The van der Waals surface area contributed by atoms with Crippen LogP contribution in [0.3, 0.4) is 0 Å². The first-order valence-electron chi connectivity index (χ1n) is 8.61. The SMILES string of the molecule is CC(C)C(NC(=O)c1cccc2ccccc12)c1nc(-c2ncn[nH]2)no1. The van der Waals surface area contributed by atoms with Gasteiger partial charge in [0.15, 0.2) is 5.82 Å². The van der Waals surface area contributed by atoms with Gasteiger partial charge in [-0.05, 0) is 22.8 Å². The van der Waals surface area contributed by atoms with Gasteiger partial charge in [0.2, 0.25) is 11.7 Å². The number of aromatic amines is 1. The average Bonchev–Trinajstić information content (AvgIpc) is 3.36. The van der Waals surface area contributed by atoms with Crippen molar-refractivity contribution in [1.29, 1.82) is 0 Å². The number of aromatic nitrogens is 5. The summed E-state index contributed by atoms with van der Waals surface area (Å²) in [5.74, 6) is 0.891. The topological polar surface area (TPSA) is 110 Å². The van der Waals surface area contributed by atoms with Gasteiger partial charge in [-0.2, -0.15) is 10.1 Å². The Morgan fingerprint density at radius 1 is 1.15 bits per heavy atom. The standard InChI is InChI=1S/C19H18N6O2/c1-11(2)15(19-23-17(25-27-19)16-20-10-21-24-16)22-18(26)14-9-5-7-12-6-3-4-8-13(12)14/h3-11,15H,1-2H3,(H,22,26)(H,20,21,24). The quantitative estimate of drug-likeness (QED) is 0.564. The first-order chi connectivity index (χ1) is 13.1. The molecule has 0 aliphatic heterocycles. The molecule has 1 amide bonds. The van der Waals surface area contributed by atoms with Crippen LogP contribution in [0.5, 0.6) is 0 Å². The third-order valence-electron chi connectivity index (χ3n) is 4.32. The molecule has 0 spiro atoms. The van der Waals surface area contributed by atoms with E-state index in [9.17, 15) is 4.79 Å². The second-order valence-corrected chi connectivity index (χ2v) is 6.51. The predicted molar refractivity (Wildman–Crippen MR) is 98.7 cm³/mol. The van der Waals surface area contributed by atoms with E-state index in [2.05, 4.69) is 30.6 Å². The maximum atomic E-state index is 13.0. The number of benzene rings is 2. The van der Waals surface area contributed by atoms with Crippen molar-refractivity contribution < 1.29 is 9.32 Å². The van der Waals surface area contributed by atoms with Crippen LogP contribution in [0.2, 0.25) is 0 Å². The number of amides is 1. The molecule has 27 heavy (non-hydrogen) atoms. The Balaban J connectivity index is 1.63. The van der Waals surface area contributed by atoms with Gasteiger partial charge in [0.1, 0.15) is 12.4 Å². The van der Waals surface area contributed by atoms with Crippen molar-refractivity contribution in [3.05, 3.63) is 60.2 Å². The number of carbonyl (C=O) groups excluding carboxylic acids is 1. The second-order valence-electron chi connectivity index (χ2n) is 6.51. The lowest BCUT2D eigenvalue weighted by Crippen LogP contribution is -2.32. The van der Waals surface area contributed by atoms with Crippen LogP contribution in [0.25, 0.3) is 22.4 Å². The molecule has 8 heteroatoms. The number of H-pyrrole nitrogens is 1. The van der Waals surface area contributed by atoms with E-state index >= 15 is 0 Å². The Hall–Kier alpha value is -3.55. The second kappa shape index (κ2) is 6.99. The number of fused-ring (bicyclic) bond motifs is 1. The fourth-order valence-corrected chi connectivity index (χ4v) is 2.93. The average molecular weight is 362 g/mol. The van der Waals surface area contributed by atoms with E-state index in [1.165, 1.54) is 6.33 Å². The fourth-order valence-electron chi connectivity index (χ4n) is 2.93. The van der Waals surface area contributed by atoms with Crippen LogP contribution in [0, 0.1) is 5.92 Å². The number of hydrogen-bond acceptors (Lipinski definition) is 6. The molecule has 0 saturated carbocycles. The number of nitrogens with zero attached hydrogens (tertiary/aromatic N) is 4. The highest BCUT2D eigenvalue weighted by atomic mass is 16.5. The molecule has 0 aliphatic carbocycles. The number of rotatable bonds is 5. The van der Waals surface area contributed by atoms with Crippen molar-refractivity contribution >= 4 is 16.7 Å². The number of carbonyl (C=O) groups is 1. The summed E-state index contributed by atoms with van der Waals surface area (Å²) in [7, 11) is 0. The lowest BCUT2D eigenvalue weighted by atomic mass is 10.0. The first kappa shape index (κ1) is 16.9. The van der Waals surface area contributed by atoms with Crippen molar-refractivity contribution in [3.63, 3.8) is 0 Å². The van der Waals surface area contributed by atoms with Crippen molar-refractivity contribution in [3.8, 4) is 11.6 Å².